The van der Waals surface area contributed by atoms with Crippen molar-refractivity contribution in [2.75, 3.05) is 0 Å². The van der Waals surface area contributed by atoms with Crippen molar-refractivity contribution < 1.29 is 4.39 Å². The highest BCUT2D eigenvalue weighted by Gasteiger charge is 2.12. The van der Waals surface area contributed by atoms with E-state index in [1.54, 1.807) is 22.8 Å². The highest BCUT2D eigenvalue weighted by Crippen LogP contribution is 2.23. The van der Waals surface area contributed by atoms with Crippen molar-refractivity contribution in [1.82, 2.24) is 9.55 Å². The molecule has 0 bridgehead atoms. The number of fused-ring (bicyclic) bond motifs is 1. The molecule has 4 rings (SSSR count). The summed E-state index contributed by atoms with van der Waals surface area (Å²) in [7, 11) is 0. The molecule has 0 atom stereocenters. The Hall–Kier alpha value is -2.63. The fourth-order valence-corrected chi connectivity index (χ4v) is 3.98. The van der Waals surface area contributed by atoms with E-state index >= 15 is 0 Å². The average Bonchev–Trinajstić information content (AvgIpc) is 2.71. The lowest BCUT2D eigenvalue weighted by Gasteiger charge is -2.13. The van der Waals surface area contributed by atoms with E-state index < -0.39 is 0 Å². The van der Waals surface area contributed by atoms with Crippen LogP contribution < -0.4 is 5.56 Å². The molecule has 0 saturated carbocycles. The topological polar surface area (TPSA) is 34.9 Å². The number of nitrogens with zero attached hydrogens (tertiary/aromatic N) is 2. The van der Waals surface area contributed by atoms with Crippen molar-refractivity contribution in [3.8, 4) is 0 Å². The van der Waals surface area contributed by atoms with Gasteiger partial charge in [-0.05, 0) is 47.5 Å². The summed E-state index contributed by atoms with van der Waals surface area (Å²) in [5.74, 6) is 0.323. The SMILES string of the molecule is O=c1c2ccccc2nc(SCc2ccc(F)cc2)n1Cc1ccc(Cl)cc1. The van der Waals surface area contributed by atoms with Gasteiger partial charge in [0.05, 0.1) is 17.4 Å². The van der Waals surface area contributed by atoms with E-state index in [9.17, 15) is 9.18 Å². The Labute approximate surface area is 170 Å². The maximum absolute atomic E-state index is 13.1. The molecule has 6 heteroatoms. The molecule has 28 heavy (non-hydrogen) atoms. The van der Waals surface area contributed by atoms with E-state index in [0.717, 1.165) is 11.1 Å². The van der Waals surface area contributed by atoms with Gasteiger partial charge in [0, 0.05) is 10.8 Å². The molecule has 0 N–H and O–H groups in total. The standard InChI is InChI=1S/C22H16ClFN2OS/c23-17-9-5-15(6-10-17)13-26-21(27)19-3-1-2-4-20(19)25-22(26)28-14-16-7-11-18(24)12-8-16/h1-12H,13-14H2. The van der Waals surface area contributed by atoms with Gasteiger partial charge in [-0.3, -0.25) is 9.36 Å². The molecule has 0 unspecified atom stereocenters. The average molecular weight is 411 g/mol. The summed E-state index contributed by atoms with van der Waals surface area (Å²) >= 11 is 7.43. The van der Waals surface area contributed by atoms with Gasteiger partial charge in [-0.15, -0.1) is 0 Å². The minimum absolute atomic E-state index is 0.0813. The number of hydrogen-bond donors (Lipinski definition) is 0. The Bertz CT molecular complexity index is 1170. The molecule has 0 saturated heterocycles. The van der Waals surface area contributed by atoms with Crippen molar-refractivity contribution in [2.45, 2.75) is 17.5 Å². The van der Waals surface area contributed by atoms with Gasteiger partial charge in [-0.2, -0.15) is 0 Å². The van der Waals surface area contributed by atoms with Gasteiger partial charge in [0.1, 0.15) is 5.82 Å². The van der Waals surface area contributed by atoms with E-state index in [2.05, 4.69) is 0 Å². The van der Waals surface area contributed by atoms with Crippen molar-refractivity contribution >= 4 is 34.3 Å². The highest BCUT2D eigenvalue weighted by molar-refractivity contribution is 7.98. The monoisotopic (exact) mass is 410 g/mol. The summed E-state index contributed by atoms with van der Waals surface area (Å²) < 4.78 is 14.8. The lowest BCUT2D eigenvalue weighted by Crippen LogP contribution is -2.24. The molecular formula is C22H16ClFN2OS. The number of benzene rings is 3. The van der Waals surface area contributed by atoms with E-state index in [1.165, 1.54) is 23.9 Å². The Morgan fingerprint density at radius 2 is 1.61 bits per heavy atom. The summed E-state index contributed by atoms with van der Waals surface area (Å²) in [6.45, 7) is 0.402. The Morgan fingerprint density at radius 1 is 0.929 bits per heavy atom. The second-order valence-electron chi connectivity index (χ2n) is 6.34. The van der Waals surface area contributed by atoms with Crippen LogP contribution in [0.3, 0.4) is 0 Å². The van der Waals surface area contributed by atoms with Crippen LogP contribution in [0.5, 0.6) is 0 Å². The van der Waals surface area contributed by atoms with Crippen molar-refractivity contribution in [1.29, 1.82) is 0 Å². The van der Waals surface area contributed by atoms with E-state index in [0.29, 0.717) is 33.4 Å². The number of aromatic nitrogens is 2. The third-order valence-corrected chi connectivity index (χ3v) is 5.66. The molecular weight excluding hydrogens is 395 g/mol. The second-order valence-corrected chi connectivity index (χ2v) is 7.72. The number of para-hydroxylation sites is 1. The van der Waals surface area contributed by atoms with Gasteiger partial charge >= 0.3 is 0 Å². The number of rotatable bonds is 5. The maximum Gasteiger partial charge on any atom is 0.262 e. The van der Waals surface area contributed by atoms with Crippen LogP contribution in [0, 0.1) is 5.82 Å². The quantitative estimate of drug-likeness (QED) is 0.320. The van der Waals surface area contributed by atoms with Crippen LogP contribution in [0.4, 0.5) is 4.39 Å². The Kier molecular flexibility index (Phi) is 5.46. The molecule has 0 aliphatic rings. The van der Waals surface area contributed by atoms with Crippen molar-refractivity contribution in [2.24, 2.45) is 0 Å². The van der Waals surface area contributed by atoms with Gasteiger partial charge in [-0.1, -0.05) is 59.8 Å². The normalized spacial score (nSPS) is 11.1. The molecule has 0 amide bonds. The predicted molar refractivity (Wildman–Crippen MR) is 113 cm³/mol. The third kappa shape index (κ3) is 4.11. The smallest absolute Gasteiger partial charge is 0.262 e. The summed E-state index contributed by atoms with van der Waals surface area (Å²) in [6.07, 6.45) is 0. The fraction of sp³-hybridized carbons (Fsp3) is 0.0909. The van der Waals surface area contributed by atoms with Crippen LogP contribution in [-0.2, 0) is 12.3 Å². The van der Waals surface area contributed by atoms with Gasteiger partial charge in [0.2, 0.25) is 0 Å². The molecule has 0 spiro atoms. The lowest BCUT2D eigenvalue weighted by molar-refractivity contribution is 0.627. The summed E-state index contributed by atoms with van der Waals surface area (Å²) in [6, 6.07) is 21.1. The van der Waals surface area contributed by atoms with Gasteiger partial charge in [0.25, 0.3) is 5.56 Å². The van der Waals surface area contributed by atoms with Crippen LogP contribution in [0.15, 0.2) is 82.7 Å². The molecule has 140 valence electrons. The van der Waals surface area contributed by atoms with Gasteiger partial charge in [-0.25, -0.2) is 9.37 Å². The molecule has 4 aromatic rings. The predicted octanol–water partition coefficient (Wildman–Crippen LogP) is 5.53. The molecule has 0 radical (unpaired) electrons. The first-order valence-corrected chi connectivity index (χ1v) is 10.1. The molecule has 1 heterocycles. The summed E-state index contributed by atoms with van der Waals surface area (Å²) in [4.78, 5) is 17.8. The maximum atomic E-state index is 13.1. The first kappa shape index (κ1) is 18.7. The molecule has 3 nitrogen and oxygen atoms in total. The first-order valence-electron chi connectivity index (χ1n) is 8.71. The minimum atomic E-state index is -0.266. The zero-order chi connectivity index (χ0) is 19.5. The molecule has 0 aliphatic carbocycles. The van der Waals surface area contributed by atoms with E-state index in [1.807, 2.05) is 42.5 Å². The molecule has 0 fully saturated rings. The molecule has 0 aliphatic heterocycles. The lowest BCUT2D eigenvalue weighted by atomic mass is 10.2. The minimum Gasteiger partial charge on any atom is -0.283 e. The zero-order valence-electron chi connectivity index (χ0n) is 14.8. The largest absolute Gasteiger partial charge is 0.283 e. The van der Waals surface area contributed by atoms with Crippen LogP contribution in [0.25, 0.3) is 10.9 Å². The van der Waals surface area contributed by atoms with E-state index in [4.69, 9.17) is 16.6 Å². The highest BCUT2D eigenvalue weighted by atomic mass is 35.5. The third-order valence-electron chi connectivity index (χ3n) is 4.36. The molecule has 3 aromatic carbocycles. The number of hydrogen-bond acceptors (Lipinski definition) is 3. The first-order chi connectivity index (χ1) is 13.6. The zero-order valence-corrected chi connectivity index (χ0v) is 16.4. The van der Waals surface area contributed by atoms with Crippen LogP contribution in [0.1, 0.15) is 11.1 Å². The fourth-order valence-electron chi connectivity index (χ4n) is 2.90. The Balaban J connectivity index is 1.73. The van der Waals surface area contributed by atoms with Crippen molar-refractivity contribution in [3.63, 3.8) is 0 Å². The van der Waals surface area contributed by atoms with E-state index in [-0.39, 0.29) is 11.4 Å². The van der Waals surface area contributed by atoms with Gasteiger partial charge in [0.15, 0.2) is 5.16 Å². The van der Waals surface area contributed by atoms with Crippen LogP contribution in [-0.4, -0.2) is 9.55 Å². The number of thioether (sulfide) groups is 1. The van der Waals surface area contributed by atoms with Crippen molar-refractivity contribution in [3.05, 3.63) is 105 Å². The Morgan fingerprint density at radius 3 is 2.36 bits per heavy atom. The summed E-state index contributed by atoms with van der Waals surface area (Å²) in [5.41, 5.74) is 2.52. The van der Waals surface area contributed by atoms with Gasteiger partial charge < -0.3 is 0 Å². The second kappa shape index (κ2) is 8.17. The van der Waals surface area contributed by atoms with Crippen LogP contribution >= 0.6 is 23.4 Å². The van der Waals surface area contributed by atoms with Crippen LogP contribution in [0.2, 0.25) is 5.02 Å². The molecule has 1 aromatic heterocycles. The summed E-state index contributed by atoms with van der Waals surface area (Å²) in [5, 5.41) is 1.87. The number of halogens is 2.